The van der Waals surface area contributed by atoms with Crippen LogP contribution in [0.4, 0.5) is 0 Å². The van der Waals surface area contributed by atoms with Crippen LogP contribution in [-0.2, 0) is 13.0 Å². The van der Waals surface area contributed by atoms with Crippen LogP contribution in [0.25, 0.3) is 0 Å². The summed E-state index contributed by atoms with van der Waals surface area (Å²) in [5.74, 6) is 2.26. The molecule has 0 aromatic carbocycles. The van der Waals surface area contributed by atoms with E-state index in [9.17, 15) is 4.79 Å². The van der Waals surface area contributed by atoms with E-state index in [-0.39, 0.29) is 11.9 Å². The van der Waals surface area contributed by atoms with E-state index in [1.54, 1.807) is 11.3 Å². The Morgan fingerprint density at radius 3 is 2.83 bits per heavy atom. The number of hydrogen-bond donors (Lipinski definition) is 0. The van der Waals surface area contributed by atoms with Gasteiger partial charge in [-0.25, -0.2) is 0 Å². The molecule has 1 fully saturated rings. The Kier molecular flexibility index (Phi) is 4.16. The Balaban J connectivity index is 1.63. The van der Waals surface area contributed by atoms with E-state index in [2.05, 4.69) is 28.6 Å². The highest BCUT2D eigenvalue weighted by Gasteiger charge is 2.35. The smallest absolute Gasteiger partial charge is 0.264 e. The molecule has 5 nitrogen and oxygen atoms in total. The van der Waals surface area contributed by atoms with Crippen molar-refractivity contribution >= 4 is 17.2 Å². The predicted octanol–water partition coefficient (Wildman–Crippen LogP) is 3.66. The van der Waals surface area contributed by atoms with E-state index in [4.69, 9.17) is 0 Å². The van der Waals surface area contributed by atoms with Gasteiger partial charge in [0.2, 0.25) is 0 Å². The first kappa shape index (κ1) is 15.8. The van der Waals surface area contributed by atoms with Crippen molar-refractivity contribution in [1.82, 2.24) is 19.7 Å². The maximum atomic E-state index is 13.0. The summed E-state index contributed by atoms with van der Waals surface area (Å²) < 4.78 is 2.29. The van der Waals surface area contributed by atoms with Crippen molar-refractivity contribution in [1.29, 1.82) is 0 Å². The molecule has 2 aliphatic rings. The molecule has 1 amide bonds. The number of carbonyl (C=O) groups excluding carboxylic acids is 1. The molecular weight excluding hydrogens is 320 g/mol. The van der Waals surface area contributed by atoms with E-state index in [0.29, 0.717) is 0 Å². The Hall–Kier alpha value is -1.69. The average Bonchev–Trinajstić information content (AvgIpc) is 3.23. The lowest BCUT2D eigenvalue weighted by Gasteiger charge is -2.24. The minimum atomic E-state index is 0.0829. The van der Waals surface area contributed by atoms with Crippen LogP contribution < -0.4 is 0 Å². The fourth-order valence-corrected chi connectivity index (χ4v) is 4.84. The number of hydrogen-bond acceptors (Lipinski definition) is 4. The van der Waals surface area contributed by atoms with Crippen LogP contribution in [0.5, 0.6) is 0 Å². The number of rotatable bonds is 2. The fourth-order valence-electron chi connectivity index (χ4n) is 3.85. The van der Waals surface area contributed by atoms with Crippen molar-refractivity contribution in [3.63, 3.8) is 0 Å². The van der Waals surface area contributed by atoms with Crippen LogP contribution in [0.1, 0.15) is 69.9 Å². The van der Waals surface area contributed by atoms with Gasteiger partial charge in [0, 0.05) is 24.4 Å². The highest BCUT2D eigenvalue weighted by molar-refractivity contribution is 7.14. The highest BCUT2D eigenvalue weighted by Crippen LogP contribution is 2.34. The zero-order valence-electron chi connectivity index (χ0n) is 14.4. The molecule has 0 unspecified atom stereocenters. The minimum absolute atomic E-state index is 0.0829. The molecule has 2 aromatic heterocycles. The molecule has 0 spiro atoms. The van der Waals surface area contributed by atoms with Crippen LogP contribution >= 0.6 is 11.3 Å². The van der Waals surface area contributed by atoms with E-state index >= 15 is 0 Å². The summed E-state index contributed by atoms with van der Waals surface area (Å²) >= 11 is 1.61. The highest BCUT2D eigenvalue weighted by atomic mass is 32.1. The van der Waals surface area contributed by atoms with Gasteiger partial charge in [-0.1, -0.05) is 6.42 Å². The normalized spacial score (nSPS) is 20.9. The first-order valence-corrected chi connectivity index (χ1v) is 9.77. The topological polar surface area (TPSA) is 51.0 Å². The molecule has 4 rings (SSSR count). The van der Waals surface area contributed by atoms with E-state index in [1.807, 2.05) is 11.0 Å². The van der Waals surface area contributed by atoms with Crippen LogP contribution in [0.2, 0.25) is 0 Å². The number of aryl methyl sites for hydroxylation is 3. The summed E-state index contributed by atoms with van der Waals surface area (Å²) in [6, 6.07) is 2.11. The first-order valence-electron chi connectivity index (χ1n) is 8.95. The lowest BCUT2D eigenvalue weighted by Crippen LogP contribution is -2.31. The third-order valence-electron chi connectivity index (χ3n) is 5.33. The second kappa shape index (κ2) is 6.31. The third-order valence-corrected chi connectivity index (χ3v) is 6.47. The number of thiophene rings is 1. The van der Waals surface area contributed by atoms with Crippen LogP contribution in [0, 0.1) is 13.8 Å². The molecular formula is C18H24N4OS. The summed E-state index contributed by atoms with van der Waals surface area (Å²) in [5, 5.41) is 8.92. The molecule has 6 heteroatoms. The minimum Gasteiger partial charge on any atom is -0.328 e. The van der Waals surface area contributed by atoms with Gasteiger partial charge in [-0.05, 0) is 51.2 Å². The van der Waals surface area contributed by atoms with Crippen LogP contribution in [0.15, 0.2) is 6.07 Å². The van der Waals surface area contributed by atoms with Gasteiger partial charge >= 0.3 is 0 Å². The summed E-state index contributed by atoms with van der Waals surface area (Å²) in [4.78, 5) is 17.1. The predicted molar refractivity (Wildman–Crippen MR) is 94.4 cm³/mol. The molecule has 2 aromatic rings. The second-order valence-corrected chi connectivity index (χ2v) is 8.20. The van der Waals surface area contributed by atoms with Crippen molar-refractivity contribution in [3.8, 4) is 0 Å². The molecule has 1 atom stereocenters. The van der Waals surface area contributed by atoms with Crippen molar-refractivity contribution in [2.75, 3.05) is 6.54 Å². The van der Waals surface area contributed by atoms with Crippen LogP contribution in [-0.4, -0.2) is 32.1 Å². The quantitative estimate of drug-likeness (QED) is 0.835. The van der Waals surface area contributed by atoms with E-state index in [0.717, 1.165) is 48.9 Å². The SMILES string of the molecule is Cc1cc(C(=O)N2CCC[C@@H]2c2nnc3n2CCCCC3)sc1C. The summed E-state index contributed by atoms with van der Waals surface area (Å²) in [6.45, 7) is 5.97. The molecule has 4 heterocycles. The molecule has 0 N–H and O–H groups in total. The molecule has 1 saturated heterocycles. The van der Waals surface area contributed by atoms with Crippen molar-refractivity contribution in [2.45, 2.75) is 65.0 Å². The Morgan fingerprint density at radius 1 is 1.17 bits per heavy atom. The lowest BCUT2D eigenvalue weighted by molar-refractivity contribution is 0.0732. The van der Waals surface area contributed by atoms with Gasteiger partial charge in [-0.15, -0.1) is 21.5 Å². The van der Waals surface area contributed by atoms with E-state index in [1.165, 1.54) is 29.7 Å². The molecule has 0 saturated carbocycles. The van der Waals surface area contributed by atoms with Gasteiger partial charge in [0.05, 0.1) is 10.9 Å². The number of nitrogens with zero attached hydrogens (tertiary/aromatic N) is 4. The Morgan fingerprint density at radius 2 is 2.04 bits per heavy atom. The van der Waals surface area contributed by atoms with Crippen LogP contribution in [0.3, 0.4) is 0 Å². The van der Waals surface area contributed by atoms with Crippen molar-refractivity contribution < 1.29 is 4.79 Å². The van der Waals surface area contributed by atoms with E-state index < -0.39 is 0 Å². The summed E-state index contributed by atoms with van der Waals surface area (Å²) in [7, 11) is 0. The Labute approximate surface area is 146 Å². The molecule has 24 heavy (non-hydrogen) atoms. The van der Waals surface area contributed by atoms with Gasteiger partial charge in [-0.3, -0.25) is 4.79 Å². The van der Waals surface area contributed by atoms with Gasteiger partial charge in [0.15, 0.2) is 5.82 Å². The number of fused-ring (bicyclic) bond motifs is 1. The van der Waals surface area contributed by atoms with Gasteiger partial charge in [0.1, 0.15) is 5.82 Å². The largest absolute Gasteiger partial charge is 0.328 e. The maximum Gasteiger partial charge on any atom is 0.264 e. The van der Waals surface area contributed by atoms with Gasteiger partial charge < -0.3 is 9.47 Å². The monoisotopic (exact) mass is 344 g/mol. The lowest BCUT2D eigenvalue weighted by atomic mass is 10.2. The zero-order valence-corrected chi connectivity index (χ0v) is 15.2. The molecule has 0 aliphatic carbocycles. The van der Waals surface area contributed by atoms with Crippen molar-refractivity contribution in [3.05, 3.63) is 33.0 Å². The number of amides is 1. The third kappa shape index (κ3) is 2.66. The summed E-state index contributed by atoms with van der Waals surface area (Å²) in [5.41, 5.74) is 1.20. The van der Waals surface area contributed by atoms with Crippen molar-refractivity contribution in [2.24, 2.45) is 0 Å². The molecule has 0 bridgehead atoms. The van der Waals surface area contributed by atoms with Gasteiger partial charge in [0.25, 0.3) is 5.91 Å². The second-order valence-electron chi connectivity index (χ2n) is 6.94. The average molecular weight is 344 g/mol. The molecule has 128 valence electrons. The number of likely N-dealkylation sites (tertiary alicyclic amines) is 1. The fraction of sp³-hybridized carbons (Fsp3) is 0.611. The maximum absolute atomic E-state index is 13.0. The number of carbonyl (C=O) groups is 1. The zero-order chi connectivity index (χ0) is 16.7. The standard InChI is InChI=1S/C18H24N4OS/c1-12-11-15(24-13(12)2)18(23)21-10-6-7-14(21)17-20-19-16-8-4-3-5-9-22(16)17/h11,14H,3-10H2,1-2H3/t14-/m1/s1. The number of aromatic nitrogens is 3. The molecule has 2 aliphatic heterocycles. The van der Waals surface area contributed by atoms with Gasteiger partial charge in [-0.2, -0.15) is 0 Å². The first-order chi connectivity index (χ1) is 11.6. The molecule has 0 radical (unpaired) electrons. The Bertz CT molecular complexity index is 744. The summed E-state index contributed by atoms with van der Waals surface area (Å²) in [6.07, 6.45) is 6.68.